The SMILES string of the molecule is c1ccc(-n2c3ccc(-c4cccc(-c5ccc6c(c5)c5c7oc8ccncc8c7ccc5n6-c5ccccc5)c4)cc3c3cc(-c4ccc5c(c4)oc4ccncc45)ccc32)cc1. The molecular formula is C58H34N4O2. The van der Waals surface area contributed by atoms with Crippen LogP contribution >= 0.6 is 0 Å². The van der Waals surface area contributed by atoms with Gasteiger partial charge in [-0.25, -0.2) is 0 Å². The molecule has 0 N–H and O–H groups in total. The van der Waals surface area contributed by atoms with Gasteiger partial charge in [-0.2, -0.15) is 0 Å². The first-order valence-corrected chi connectivity index (χ1v) is 21.5. The van der Waals surface area contributed by atoms with Crippen molar-refractivity contribution in [3.63, 3.8) is 0 Å². The molecular weight excluding hydrogens is 785 g/mol. The van der Waals surface area contributed by atoms with Crippen LogP contribution in [0.2, 0.25) is 0 Å². The molecule has 8 aromatic carbocycles. The van der Waals surface area contributed by atoms with Gasteiger partial charge in [0.1, 0.15) is 22.3 Å². The quantitative estimate of drug-likeness (QED) is 0.174. The van der Waals surface area contributed by atoms with E-state index < -0.39 is 0 Å². The minimum Gasteiger partial charge on any atom is -0.456 e. The van der Waals surface area contributed by atoms with E-state index in [2.05, 4.69) is 189 Å². The van der Waals surface area contributed by atoms with Crippen LogP contribution in [0, 0.1) is 0 Å². The van der Waals surface area contributed by atoms with Gasteiger partial charge in [-0.15, -0.1) is 0 Å². The van der Waals surface area contributed by atoms with E-state index in [0.717, 1.165) is 121 Å². The normalized spacial score (nSPS) is 12.1. The summed E-state index contributed by atoms with van der Waals surface area (Å²) in [6.45, 7) is 0. The molecule has 0 aliphatic carbocycles. The van der Waals surface area contributed by atoms with Gasteiger partial charge in [0, 0.05) is 73.9 Å². The standard InChI is InChI=1S/C58H34N4O2/c1-3-10-41(11-4-1)61-50-20-15-37(29-45(50)46-30-38(16-21-51(46)61)40-14-18-43-48-33-59-26-24-54(48)63-56(43)32-40)35-8-7-9-36(28-35)39-17-22-52-47(31-39)57-53(62(52)42-12-5-2-6-13-42)23-19-44-49-34-60-27-25-55(49)64-58(44)57/h1-34H. The molecule has 6 heteroatoms. The first kappa shape index (κ1) is 34.9. The fourth-order valence-electron chi connectivity index (χ4n) is 10.1. The molecule has 0 unspecified atom stereocenters. The molecule has 0 aliphatic heterocycles. The molecule has 0 radical (unpaired) electrons. The topological polar surface area (TPSA) is 61.9 Å². The number of benzene rings is 8. The van der Waals surface area contributed by atoms with Crippen molar-refractivity contribution in [3.05, 3.63) is 207 Å². The summed E-state index contributed by atoms with van der Waals surface area (Å²) in [6.07, 6.45) is 7.34. The second-order valence-electron chi connectivity index (χ2n) is 16.6. The van der Waals surface area contributed by atoms with Crippen LogP contribution in [-0.2, 0) is 0 Å². The number of rotatable bonds is 5. The number of para-hydroxylation sites is 2. The lowest BCUT2D eigenvalue weighted by Gasteiger charge is -2.10. The summed E-state index contributed by atoms with van der Waals surface area (Å²) in [4.78, 5) is 8.76. The average molecular weight is 819 g/mol. The Morgan fingerprint density at radius 2 is 0.797 bits per heavy atom. The fourth-order valence-corrected chi connectivity index (χ4v) is 10.1. The van der Waals surface area contributed by atoms with Gasteiger partial charge in [-0.1, -0.05) is 78.9 Å². The van der Waals surface area contributed by atoms with E-state index in [1.165, 1.54) is 10.8 Å². The lowest BCUT2D eigenvalue weighted by molar-refractivity contribution is 0.668. The Balaban J connectivity index is 0.928. The molecule has 0 saturated carbocycles. The molecule has 0 atom stereocenters. The number of hydrogen-bond acceptors (Lipinski definition) is 4. The van der Waals surface area contributed by atoms with Crippen molar-refractivity contribution in [1.82, 2.24) is 19.1 Å². The number of furan rings is 2. The zero-order valence-electron chi connectivity index (χ0n) is 34.2. The van der Waals surface area contributed by atoms with Crippen LogP contribution in [-0.4, -0.2) is 19.1 Å². The Kier molecular flexibility index (Phi) is 7.30. The highest BCUT2D eigenvalue weighted by molar-refractivity contribution is 6.24. The molecule has 6 aromatic heterocycles. The molecule has 0 saturated heterocycles. The van der Waals surface area contributed by atoms with Crippen molar-refractivity contribution in [1.29, 1.82) is 0 Å². The molecule has 0 fully saturated rings. The number of nitrogens with zero attached hydrogens (tertiary/aromatic N) is 4. The van der Waals surface area contributed by atoms with Crippen LogP contribution in [0.15, 0.2) is 216 Å². The van der Waals surface area contributed by atoms with E-state index >= 15 is 0 Å². The van der Waals surface area contributed by atoms with E-state index in [1.807, 2.05) is 24.5 Å². The van der Waals surface area contributed by atoms with E-state index in [-0.39, 0.29) is 0 Å². The van der Waals surface area contributed by atoms with Gasteiger partial charge >= 0.3 is 0 Å². The number of hydrogen-bond donors (Lipinski definition) is 0. The lowest BCUT2D eigenvalue weighted by atomic mass is 9.96. The van der Waals surface area contributed by atoms with Crippen LogP contribution in [0.1, 0.15) is 0 Å². The summed E-state index contributed by atoms with van der Waals surface area (Å²) in [5.74, 6) is 0. The van der Waals surface area contributed by atoms with Crippen molar-refractivity contribution >= 4 is 87.5 Å². The predicted molar refractivity (Wildman–Crippen MR) is 262 cm³/mol. The van der Waals surface area contributed by atoms with Crippen LogP contribution < -0.4 is 0 Å². The van der Waals surface area contributed by atoms with Crippen LogP contribution in [0.25, 0.3) is 132 Å². The largest absolute Gasteiger partial charge is 0.456 e. The molecule has 6 heterocycles. The van der Waals surface area contributed by atoms with Crippen molar-refractivity contribution in [3.8, 4) is 44.8 Å². The van der Waals surface area contributed by atoms with Crippen molar-refractivity contribution in [2.45, 2.75) is 0 Å². The molecule has 0 bridgehead atoms. The number of fused-ring (bicyclic) bond motifs is 13. The minimum atomic E-state index is 0.837. The van der Waals surface area contributed by atoms with E-state index in [1.54, 1.807) is 12.4 Å². The van der Waals surface area contributed by atoms with Crippen molar-refractivity contribution in [2.75, 3.05) is 0 Å². The molecule has 6 nitrogen and oxygen atoms in total. The molecule has 298 valence electrons. The summed E-state index contributed by atoms with van der Waals surface area (Å²) in [5, 5.41) is 8.81. The molecule has 0 spiro atoms. The van der Waals surface area contributed by atoms with Gasteiger partial charge in [-0.3, -0.25) is 9.97 Å². The highest BCUT2D eigenvalue weighted by Gasteiger charge is 2.20. The van der Waals surface area contributed by atoms with Gasteiger partial charge in [-0.05, 0) is 137 Å². The molecule has 14 aromatic rings. The zero-order chi connectivity index (χ0) is 41.9. The van der Waals surface area contributed by atoms with Gasteiger partial charge in [0.25, 0.3) is 0 Å². The maximum Gasteiger partial charge on any atom is 0.145 e. The van der Waals surface area contributed by atoms with Gasteiger partial charge < -0.3 is 18.0 Å². The van der Waals surface area contributed by atoms with Crippen LogP contribution in [0.5, 0.6) is 0 Å². The van der Waals surface area contributed by atoms with Gasteiger partial charge in [0.05, 0.1) is 27.5 Å². The first-order valence-electron chi connectivity index (χ1n) is 21.5. The summed E-state index contributed by atoms with van der Waals surface area (Å²) < 4.78 is 17.6. The maximum atomic E-state index is 6.64. The Morgan fingerprint density at radius 3 is 1.44 bits per heavy atom. The van der Waals surface area contributed by atoms with Crippen molar-refractivity contribution < 1.29 is 8.83 Å². The second kappa shape index (κ2) is 13.4. The molecule has 0 amide bonds. The molecule has 0 aliphatic rings. The summed E-state index contributed by atoms with van der Waals surface area (Å²) in [5.41, 5.74) is 17.0. The highest BCUT2D eigenvalue weighted by atomic mass is 16.3. The smallest absolute Gasteiger partial charge is 0.145 e. The summed E-state index contributed by atoms with van der Waals surface area (Å²) >= 11 is 0. The number of pyridine rings is 2. The summed E-state index contributed by atoms with van der Waals surface area (Å²) in [7, 11) is 0. The Morgan fingerprint density at radius 1 is 0.312 bits per heavy atom. The van der Waals surface area contributed by atoms with Crippen molar-refractivity contribution in [2.24, 2.45) is 0 Å². The number of aromatic nitrogens is 4. The zero-order valence-corrected chi connectivity index (χ0v) is 34.2. The van der Waals surface area contributed by atoms with E-state index in [0.29, 0.717) is 0 Å². The van der Waals surface area contributed by atoms with Gasteiger partial charge in [0.2, 0.25) is 0 Å². The third-order valence-electron chi connectivity index (χ3n) is 13.1. The Hall–Kier alpha value is -8.74. The Labute approximate surface area is 365 Å². The minimum absolute atomic E-state index is 0.837. The van der Waals surface area contributed by atoms with Gasteiger partial charge in [0.15, 0.2) is 0 Å². The average Bonchev–Trinajstić information content (AvgIpc) is 4.11. The third-order valence-corrected chi connectivity index (χ3v) is 13.1. The second-order valence-corrected chi connectivity index (χ2v) is 16.6. The first-order chi connectivity index (χ1) is 31.7. The van der Waals surface area contributed by atoms with E-state index in [9.17, 15) is 0 Å². The monoisotopic (exact) mass is 818 g/mol. The summed E-state index contributed by atoms with van der Waals surface area (Å²) in [6, 6.07) is 65.4. The fraction of sp³-hybridized carbons (Fsp3) is 0. The van der Waals surface area contributed by atoms with E-state index in [4.69, 9.17) is 8.83 Å². The van der Waals surface area contributed by atoms with Crippen LogP contribution in [0.4, 0.5) is 0 Å². The third kappa shape index (κ3) is 5.14. The maximum absolute atomic E-state index is 6.64. The lowest BCUT2D eigenvalue weighted by Crippen LogP contribution is -1.93. The molecule has 14 rings (SSSR count). The van der Waals surface area contributed by atoms with Crippen LogP contribution in [0.3, 0.4) is 0 Å². The highest BCUT2D eigenvalue weighted by Crippen LogP contribution is 2.43. The molecule has 64 heavy (non-hydrogen) atoms. The predicted octanol–water partition coefficient (Wildman–Crippen LogP) is 15.5. The Bertz CT molecular complexity index is 4190.